The molecule has 0 unspecified atom stereocenters. The number of aromatic nitrogens is 3. The second-order valence-electron chi connectivity index (χ2n) is 6.96. The van der Waals surface area contributed by atoms with E-state index in [1.54, 1.807) is 29.8 Å². The van der Waals surface area contributed by atoms with Crippen molar-refractivity contribution < 1.29 is 35.1 Å². The molecule has 0 fully saturated rings. The largest absolute Gasteiger partial charge is 0.573 e. The van der Waals surface area contributed by atoms with E-state index in [0.717, 1.165) is 5.52 Å². The highest BCUT2D eigenvalue weighted by Crippen LogP contribution is 2.29. The monoisotopic (exact) mass is 477 g/mol. The minimum Gasteiger partial charge on any atom is -0.457 e. The zero-order chi connectivity index (χ0) is 24.3. The second kappa shape index (κ2) is 9.27. The third-order valence-corrected chi connectivity index (χ3v) is 4.59. The Morgan fingerprint density at radius 1 is 1.03 bits per heavy atom. The Hall–Kier alpha value is -4.32. The molecule has 0 saturated heterocycles. The van der Waals surface area contributed by atoms with Crippen molar-refractivity contribution in [2.75, 3.05) is 12.4 Å². The van der Waals surface area contributed by atoms with Crippen LogP contribution in [0.2, 0.25) is 0 Å². The van der Waals surface area contributed by atoms with Gasteiger partial charge in [-0.3, -0.25) is 14.6 Å². The lowest BCUT2D eigenvalue weighted by Gasteiger charge is -2.10. The van der Waals surface area contributed by atoms with Gasteiger partial charge in [-0.25, -0.2) is 10.5 Å². The van der Waals surface area contributed by atoms with Crippen LogP contribution in [-0.2, 0) is 11.9 Å². The highest BCUT2D eigenvalue weighted by atomic mass is 19.4. The number of pyridine rings is 1. The number of ether oxygens (including phenoxy) is 2. The van der Waals surface area contributed by atoms with E-state index in [0.29, 0.717) is 28.7 Å². The zero-order valence-electron chi connectivity index (χ0n) is 17.9. The number of alkyl halides is 3. The summed E-state index contributed by atoms with van der Waals surface area (Å²) >= 11 is 0. The molecule has 4 rings (SSSR count). The molecule has 2 aromatic heterocycles. The summed E-state index contributed by atoms with van der Waals surface area (Å²) in [5.74, 6) is 0.519. The van der Waals surface area contributed by atoms with Crippen LogP contribution in [0, 0.1) is 0 Å². The van der Waals surface area contributed by atoms with E-state index in [-0.39, 0.29) is 14.3 Å². The Morgan fingerprint density at radius 3 is 2.44 bits per heavy atom. The molecule has 2 heterocycles. The Kier molecular flexibility index (Phi) is 6.23. The number of anilines is 2. The SMILES string of the molecule is CONC(=O)c1cc(Oc2ccc3c(c2)nc(Nc2ccc(OC(F)(F)F)cc2)n3C)ccn1.[HH].[HH]. The maximum Gasteiger partial charge on any atom is 0.573 e. The number of carbonyl (C=O) groups is 1. The van der Waals surface area contributed by atoms with Crippen molar-refractivity contribution in [3.05, 3.63) is 66.5 Å². The van der Waals surface area contributed by atoms with E-state index in [9.17, 15) is 18.0 Å². The minimum absolute atomic E-state index is 0. The van der Waals surface area contributed by atoms with Gasteiger partial charge in [-0.05, 0) is 42.5 Å². The summed E-state index contributed by atoms with van der Waals surface area (Å²) in [5.41, 5.74) is 4.25. The van der Waals surface area contributed by atoms with E-state index in [4.69, 9.17) is 4.74 Å². The van der Waals surface area contributed by atoms with E-state index in [1.807, 2.05) is 6.07 Å². The normalized spacial score (nSPS) is 11.3. The number of rotatable bonds is 7. The number of aryl methyl sites for hydroxylation is 1. The van der Waals surface area contributed by atoms with Crippen LogP contribution in [0.1, 0.15) is 13.3 Å². The van der Waals surface area contributed by atoms with Crippen LogP contribution in [0.15, 0.2) is 60.8 Å². The maximum atomic E-state index is 12.3. The van der Waals surface area contributed by atoms with Gasteiger partial charge in [-0.15, -0.1) is 13.2 Å². The molecule has 34 heavy (non-hydrogen) atoms. The number of hydroxylamine groups is 1. The fourth-order valence-corrected chi connectivity index (χ4v) is 3.10. The fraction of sp³-hybridized carbons (Fsp3) is 0.136. The number of imidazole rings is 1. The predicted octanol–water partition coefficient (Wildman–Crippen LogP) is 5.19. The van der Waals surface area contributed by atoms with E-state index in [1.165, 1.54) is 43.6 Å². The summed E-state index contributed by atoms with van der Waals surface area (Å²) in [4.78, 5) is 25.0. The molecular weight excluding hydrogens is 455 g/mol. The molecule has 0 spiro atoms. The van der Waals surface area contributed by atoms with Gasteiger partial charge in [0, 0.05) is 33.9 Å². The molecule has 0 saturated carbocycles. The van der Waals surface area contributed by atoms with Crippen molar-refractivity contribution >= 4 is 28.6 Å². The number of nitrogens with one attached hydrogen (secondary N) is 2. The van der Waals surface area contributed by atoms with E-state index >= 15 is 0 Å². The maximum absolute atomic E-state index is 12.3. The lowest BCUT2D eigenvalue weighted by Crippen LogP contribution is -2.22. The quantitative estimate of drug-likeness (QED) is 0.354. The fourth-order valence-electron chi connectivity index (χ4n) is 3.10. The standard InChI is InChI=1S/C22H18F3N5O4.2H2/c1-30-19-8-7-15(33-16-9-10-26-18(12-16)20(31)29-32-2)11-17(19)28-21(30)27-13-3-5-14(6-4-13)34-22(23,24)25;;/h3-12H,1-2H3,(H,27,28)(H,29,31);2*1H. The lowest BCUT2D eigenvalue weighted by atomic mass is 10.3. The second-order valence-corrected chi connectivity index (χ2v) is 6.96. The van der Waals surface area contributed by atoms with Crippen LogP contribution in [0.4, 0.5) is 24.8 Å². The van der Waals surface area contributed by atoms with Gasteiger partial charge in [0.15, 0.2) is 0 Å². The summed E-state index contributed by atoms with van der Waals surface area (Å²) in [6.45, 7) is 0. The average molecular weight is 477 g/mol. The van der Waals surface area contributed by atoms with Crippen molar-refractivity contribution in [2.45, 2.75) is 6.36 Å². The van der Waals surface area contributed by atoms with Gasteiger partial charge in [0.1, 0.15) is 22.9 Å². The van der Waals surface area contributed by atoms with Crippen molar-refractivity contribution in [2.24, 2.45) is 7.05 Å². The van der Waals surface area contributed by atoms with Crippen molar-refractivity contribution in [3.63, 3.8) is 0 Å². The van der Waals surface area contributed by atoms with Crippen molar-refractivity contribution in [3.8, 4) is 17.2 Å². The minimum atomic E-state index is -4.75. The Morgan fingerprint density at radius 2 is 1.74 bits per heavy atom. The van der Waals surface area contributed by atoms with Crippen LogP contribution in [0.5, 0.6) is 17.2 Å². The van der Waals surface area contributed by atoms with Gasteiger partial charge < -0.3 is 19.4 Å². The number of fused-ring (bicyclic) bond motifs is 1. The number of hydrogen-bond acceptors (Lipinski definition) is 7. The molecule has 0 bridgehead atoms. The van der Waals surface area contributed by atoms with Gasteiger partial charge >= 0.3 is 6.36 Å². The van der Waals surface area contributed by atoms with Crippen LogP contribution in [0.3, 0.4) is 0 Å². The molecule has 0 aliphatic rings. The molecule has 2 aromatic carbocycles. The predicted molar refractivity (Wildman–Crippen MR) is 120 cm³/mol. The van der Waals surface area contributed by atoms with Gasteiger partial charge in [-0.2, -0.15) is 0 Å². The summed E-state index contributed by atoms with van der Waals surface area (Å²) in [5, 5.41) is 3.06. The molecule has 1 amide bonds. The molecule has 0 atom stereocenters. The van der Waals surface area contributed by atoms with Crippen LogP contribution in [0.25, 0.3) is 11.0 Å². The van der Waals surface area contributed by atoms with Gasteiger partial charge in [0.25, 0.3) is 5.91 Å². The molecule has 9 nitrogen and oxygen atoms in total. The van der Waals surface area contributed by atoms with Crippen LogP contribution < -0.4 is 20.3 Å². The van der Waals surface area contributed by atoms with E-state index in [2.05, 4.69) is 30.3 Å². The van der Waals surface area contributed by atoms with Crippen molar-refractivity contribution in [1.29, 1.82) is 0 Å². The summed E-state index contributed by atoms with van der Waals surface area (Å²) in [6, 6.07) is 13.7. The smallest absolute Gasteiger partial charge is 0.457 e. The Balaban J connectivity index is 0.00000228. The lowest BCUT2D eigenvalue weighted by molar-refractivity contribution is -0.274. The summed E-state index contributed by atoms with van der Waals surface area (Å²) in [6.07, 6.45) is -3.31. The van der Waals surface area contributed by atoms with Crippen LogP contribution in [-0.4, -0.2) is 33.9 Å². The first kappa shape index (κ1) is 22.9. The molecule has 4 aromatic rings. The number of hydrogen-bond donors (Lipinski definition) is 2. The number of nitrogens with zero attached hydrogens (tertiary/aromatic N) is 3. The molecule has 0 aliphatic heterocycles. The Labute approximate surface area is 194 Å². The third-order valence-electron chi connectivity index (χ3n) is 4.59. The zero-order valence-corrected chi connectivity index (χ0v) is 17.9. The van der Waals surface area contributed by atoms with E-state index < -0.39 is 12.3 Å². The Bertz CT molecular complexity index is 1330. The van der Waals surface area contributed by atoms with Gasteiger partial charge in [0.05, 0.1) is 18.1 Å². The topological polar surface area (TPSA) is 99.5 Å². The first-order valence-electron chi connectivity index (χ1n) is 9.78. The number of benzene rings is 2. The van der Waals surface area contributed by atoms with Crippen LogP contribution >= 0.6 is 0 Å². The summed E-state index contributed by atoms with van der Waals surface area (Å²) < 4.78 is 48.5. The van der Waals surface area contributed by atoms with Gasteiger partial charge in [0.2, 0.25) is 5.95 Å². The van der Waals surface area contributed by atoms with Gasteiger partial charge in [-0.1, -0.05) is 0 Å². The highest BCUT2D eigenvalue weighted by molar-refractivity contribution is 5.91. The third kappa shape index (κ3) is 5.35. The molecule has 12 heteroatoms. The number of carbonyl (C=O) groups excluding carboxylic acids is 1. The van der Waals surface area contributed by atoms with Crippen molar-refractivity contribution in [1.82, 2.24) is 20.0 Å². The summed E-state index contributed by atoms with van der Waals surface area (Å²) in [7, 11) is 3.11. The highest BCUT2D eigenvalue weighted by Gasteiger charge is 2.31. The molecule has 0 radical (unpaired) electrons. The molecule has 0 aliphatic carbocycles. The first-order chi connectivity index (χ1) is 16.2. The molecule has 180 valence electrons. The average Bonchev–Trinajstić information content (AvgIpc) is 3.09. The molecule has 2 N–H and O–H groups in total. The number of amides is 1. The first-order valence-corrected chi connectivity index (χ1v) is 9.78. The molecular formula is C22H22F3N5O4. The number of halogens is 3.